The Bertz CT molecular complexity index is 321. The second kappa shape index (κ2) is 5.68. The second-order valence-electron chi connectivity index (χ2n) is 4.52. The SMILES string of the molecule is Nc1nccc(NCCC2CCCCC2)n1. The topological polar surface area (TPSA) is 63.8 Å². The van der Waals surface area contributed by atoms with Crippen molar-refractivity contribution in [2.45, 2.75) is 38.5 Å². The fourth-order valence-corrected chi connectivity index (χ4v) is 2.35. The summed E-state index contributed by atoms with van der Waals surface area (Å²) in [4.78, 5) is 7.98. The molecule has 88 valence electrons. The summed E-state index contributed by atoms with van der Waals surface area (Å²) in [6.07, 6.45) is 9.96. The molecule has 1 heterocycles. The molecule has 2 rings (SSSR count). The molecule has 16 heavy (non-hydrogen) atoms. The quantitative estimate of drug-likeness (QED) is 0.818. The lowest BCUT2D eigenvalue weighted by molar-refractivity contribution is 0.345. The first kappa shape index (κ1) is 11.2. The van der Waals surface area contributed by atoms with E-state index in [0.717, 1.165) is 18.3 Å². The summed E-state index contributed by atoms with van der Waals surface area (Å²) in [6, 6.07) is 1.86. The Morgan fingerprint density at radius 3 is 2.88 bits per heavy atom. The van der Waals surface area contributed by atoms with E-state index in [9.17, 15) is 0 Å². The minimum absolute atomic E-state index is 0.336. The first-order valence-corrected chi connectivity index (χ1v) is 6.17. The van der Waals surface area contributed by atoms with Crippen molar-refractivity contribution in [2.75, 3.05) is 17.6 Å². The van der Waals surface area contributed by atoms with Gasteiger partial charge in [0.15, 0.2) is 0 Å². The van der Waals surface area contributed by atoms with E-state index in [0.29, 0.717) is 5.95 Å². The number of anilines is 2. The summed E-state index contributed by atoms with van der Waals surface area (Å²) in [5.74, 6) is 2.08. The zero-order chi connectivity index (χ0) is 11.2. The van der Waals surface area contributed by atoms with E-state index >= 15 is 0 Å². The molecule has 0 bridgehead atoms. The van der Waals surface area contributed by atoms with Crippen LogP contribution >= 0.6 is 0 Å². The van der Waals surface area contributed by atoms with Gasteiger partial charge in [-0.25, -0.2) is 4.98 Å². The monoisotopic (exact) mass is 220 g/mol. The Balaban J connectivity index is 1.71. The highest BCUT2D eigenvalue weighted by molar-refractivity contribution is 5.37. The lowest BCUT2D eigenvalue weighted by Gasteiger charge is -2.21. The van der Waals surface area contributed by atoms with Crippen LogP contribution in [-0.2, 0) is 0 Å². The Kier molecular flexibility index (Phi) is 3.97. The second-order valence-corrected chi connectivity index (χ2v) is 4.52. The van der Waals surface area contributed by atoms with Gasteiger partial charge in [-0.15, -0.1) is 0 Å². The molecule has 1 saturated carbocycles. The number of hydrogen-bond donors (Lipinski definition) is 2. The van der Waals surface area contributed by atoms with E-state index in [1.165, 1.54) is 38.5 Å². The number of nitrogens with two attached hydrogens (primary N) is 1. The van der Waals surface area contributed by atoms with E-state index in [1.54, 1.807) is 6.20 Å². The molecule has 0 amide bonds. The third-order valence-corrected chi connectivity index (χ3v) is 3.26. The molecule has 1 aromatic rings. The van der Waals surface area contributed by atoms with Crippen LogP contribution in [0.15, 0.2) is 12.3 Å². The van der Waals surface area contributed by atoms with Gasteiger partial charge in [-0.3, -0.25) is 0 Å². The Morgan fingerprint density at radius 2 is 2.12 bits per heavy atom. The van der Waals surface area contributed by atoms with Gasteiger partial charge in [0.1, 0.15) is 5.82 Å². The Labute approximate surface area is 96.7 Å². The highest BCUT2D eigenvalue weighted by Gasteiger charge is 2.12. The van der Waals surface area contributed by atoms with E-state index in [2.05, 4.69) is 15.3 Å². The van der Waals surface area contributed by atoms with Crippen molar-refractivity contribution in [1.29, 1.82) is 0 Å². The predicted octanol–water partition coefficient (Wildman–Crippen LogP) is 2.44. The van der Waals surface area contributed by atoms with Gasteiger partial charge in [0.25, 0.3) is 0 Å². The van der Waals surface area contributed by atoms with E-state index in [1.807, 2.05) is 6.07 Å². The van der Waals surface area contributed by atoms with Crippen LogP contribution in [0, 0.1) is 5.92 Å². The Morgan fingerprint density at radius 1 is 1.31 bits per heavy atom. The average molecular weight is 220 g/mol. The maximum absolute atomic E-state index is 5.51. The minimum atomic E-state index is 0.336. The smallest absolute Gasteiger partial charge is 0.221 e. The molecule has 0 aliphatic heterocycles. The van der Waals surface area contributed by atoms with Gasteiger partial charge in [0.2, 0.25) is 5.95 Å². The summed E-state index contributed by atoms with van der Waals surface area (Å²) in [5, 5.41) is 3.30. The predicted molar refractivity (Wildman–Crippen MR) is 66.1 cm³/mol. The van der Waals surface area contributed by atoms with Crippen molar-refractivity contribution in [3.63, 3.8) is 0 Å². The standard InChI is InChI=1S/C12H20N4/c13-12-15-9-7-11(16-12)14-8-6-10-4-2-1-3-5-10/h7,9-10H,1-6,8H2,(H3,13,14,15,16). The van der Waals surface area contributed by atoms with Crippen molar-refractivity contribution >= 4 is 11.8 Å². The number of nitrogen functional groups attached to an aromatic ring is 1. The summed E-state index contributed by atoms with van der Waals surface area (Å²) >= 11 is 0. The van der Waals surface area contributed by atoms with Crippen LogP contribution in [0.1, 0.15) is 38.5 Å². The van der Waals surface area contributed by atoms with Crippen LogP contribution in [0.4, 0.5) is 11.8 Å². The number of aromatic nitrogens is 2. The van der Waals surface area contributed by atoms with Crippen LogP contribution in [0.5, 0.6) is 0 Å². The molecule has 0 saturated heterocycles. The molecule has 0 spiro atoms. The van der Waals surface area contributed by atoms with Crippen molar-refractivity contribution in [3.05, 3.63) is 12.3 Å². The van der Waals surface area contributed by atoms with E-state index in [4.69, 9.17) is 5.73 Å². The van der Waals surface area contributed by atoms with Crippen LogP contribution in [0.3, 0.4) is 0 Å². The normalized spacial score (nSPS) is 17.2. The average Bonchev–Trinajstić information content (AvgIpc) is 2.30. The van der Waals surface area contributed by atoms with Crippen LogP contribution in [0.2, 0.25) is 0 Å². The molecule has 4 heteroatoms. The van der Waals surface area contributed by atoms with Crippen molar-refractivity contribution < 1.29 is 0 Å². The minimum Gasteiger partial charge on any atom is -0.370 e. The molecular weight excluding hydrogens is 200 g/mol. The largest absolute Gasteiger partial charge is 0.370 e. The highest BCUT2D eigenvalue weighted by atomic mass is 15.1. The zero-order valence-corrected chi connectivity index (χ0v) is 9.65. The number of nitrogens with one attached hydrogen (secondary N) is 1. The lowest BCUT2D eigenvalue weighted by atomic mass is 9.87. The molecule has 1 aliphatic carbocycles. The van der Waals surface area contributed by atoms with Gasteiger partial charge in [0.05, 0.1) is 0 Å². The molecule has 0 unspecified atom stereocenters. The summed E-state index contributed by atoms with van der Waals surface area (Å²) in [7, 11) is 0. The van der Waals surface area contributed by atoms with Gasteiger partial charge in [-0.05, 0) is 18.4 Å². The lowest BCUT2D eigenvalue weighted by Crippen LogP contribution is -2.13. The highest BCUT2D eigenvalue weighted by Crippen LogP contribution is 2.26. The number of hydrogen-bond acceptors (Lipinski definition) is 4. The molecule has 1 aromatic heterocycles. The third kappa shape index (κ3) is 3.36. The first-order valence-electron chi connectivity index (χ1n) is 6.17. The molecule has 1 aliphatic rings. The molecular formula is C12H20N4. The fraction of sp³-hybridized carbons (Fsp3) is 0.667. The van der Waals surface area contributed by atoms with E-state index in [-0.39, 0.29) is 0 Å². The van der Waals surface area contributed by atoms with Gasteiger partial charge in [0, 0.05) is 12.7 Å². The molecule has 4 nitrogen and oxygen atoms in total. The first-order chi connectivity index (χ1) is 7.84. The molecule has 0 atom stereocenters. The molecule has 1 fully saturated rings. The summed E-state index contributed by atoms with van der Waals surface area (Å²) in [5.41, 5.74) is 5.51. The van der Waals surface area contributed by atoms with Crippen molar-refractivity contribution in [1.82, 2.24) is 9.97 Å². The Hall–Kier alpha value is -1.32. The van der Waals surface area contributed by atoms with Crippen LogP contribution in [0.25, 0.3) is 0 Å². The fourth-order valence-electron chi connectivity index (χ4n) is 2.35. The maximum Gasteiger partial charge on any atom is 0.221 e. The van der Waals surface area contributed by atoms with Gasteiger partial charge in [-0.1, -0.05) is 32.1 Å². The van der Waals surface area contributed by atoms with Gasteiger partial charge < -0.3 is 11.1 Å². The summed E-state index contributed by atoms with van der Waals surface area (Å²) < 4.78 is 0. The number of nitrogens with zero attached hydrogens (tertiary/aromatic N) is 2. The van der Waals surface area contributed by atoms with Gasteiger partial charge in [-0.2, -0.15) is 4.98 Å². The summed E-state index contributed by atoms with van der Waals surface area (Å²) in [6.45, 7) is 0.987. The zero-order valence-electron chi connectivity index (χ0n) is 9.65. The van der Waals surface area contributed by atoms with E-state index < -0.39 is 0 Å². The van der Waals surface area contributed by atoms with Gasteiger partial charge >= 0.3 is 0 Å². The number of rotatable bonds is 4. The van der Waals surface area contributed by atoms with Crippen molar-refractivity contribution in [3.8, 4) is 0 Å². The van der Waals surface area contributed by atoms with Crippen LogP contribution in [-0.4, -0.2) is 16.5 Å². The van der Waals surface area contributed by atoms with Crippen molar-refractivity contribution in [2.24, 2.45) is 5.92 Å². The molecule has 0 aromatic carbocycles. The third-order valence-electron chi connectivity index (χ3n) is 3.26. The van der Waals surface area contributed by atoms with Crippen LogP contribution < -0.4 is 11.1 Å². The maximum atomic E-state index is 5.51. The molecule has 0 radical (unpaired) electrons. The molecule has 3 N–H and O–H groups in total.